The third-order valence-electron chi connectivity index (χ3n) is 3.66. The van der Waals surface area contributed by atoms with Crippen LogP contribution in [0.4, 0.5) is 0 Å². The van der Waals surface area contributed by atoms with E-state index in [0.717, 1.165) is 19.5 Å². The van der Waals surface area contributed by atoms with E-state index in [1.54, 1.807) is 0 Å². The number of hydrogen-bond acceptors (Lipinski definition) is 3. The van der Waals surface area contributed by atoms with E-state index in [9.17, 15) is 5.11 Å². The number of aryl methyl sites for hydroxylation is 2. The van der Waals surface area contributed by atoms with Gasteiger partial charge in [0.05, 0.1) is 12.7 Å². The second-order valence-electron chi connectivity index (χ2n) is 6.75. The van der Waals surface area contributed by atoms with Crippen LogP contribution in [0, 0.1) is 19.8 Å². The first kappa shape index (κ1) is 19.1. The molecule has 3 heteroatoms. The second-order valence-corrected chi connectivity index (χ2v) is 6.75. The van der Waals surface area contributed by atoms with Gasteiger partial charge < -0.3 is 9.84 Å². The van der Waals surface area contributed by atoms with Crippen LogP contribution >= 0.6 is 0 Å². The third-order valence-corrected chi connectivity index (χ3v) is 3.66. The maximum absolute atomic E-state index is 10.2. The van der Waals surface area contributed by atoms with Crippen molar-refractivity contribution in [1.82, 2.24) is 4.90 Å². The molecule has 0 aliphatic heterocycles. The van der Waals surface area contributed by atoms with Gasteiger partial charge in [0.1, 0.15) is 0 Å². The molecule has 0 saturated heterocycles. The van der Waals surface area contributed by atoms with Crippen LogP contribution in [0.5, 0.6) is 0 Å². The minimum atomic E-state index is -0.420. The van der Waals surface area contributed by atoms with E-state index in [2.05, 4.69) is 57.7 Å². The summed E-state index contributed by atoms with van der Waals surface area (Å²) in [5, 5.41) is 10.2. The molecule has 0 fully saturated rings. The standard InChI is InChI=1S/C19H33NO2/c1-6-9-20(12-19(21)14-22-13-15(2)3)11-18-8-7-16(4)10-17(18)5/h7-8,10,15,19,21H,6,9,11-14H2,1-5H3. The Hall–Kier alpha value is -0.900. The van der Waals surface area contributed by atoms with E-state index in [-0.39, 0.29) is 0 Å². The van der Waals surface area contributed by atoms with Crippen LogP contribution in [0.3, 0.4) is 0 Å². The summed E-state index contributed by atoms with van der Waals surface area (Å²) in [4.78, 5) is 2.32. The maximum atomic E-state index is 10.2. The predicted octanol–water partition coefficient (Wildman–Crippen LogP) is 3.55. The van der Waals surface area contributed by atoms with E-state index in [1.165, 1.54) is 16.7 Å². The van der Waals surface area contributed by atoms with Gasteiger partial charge in [0, 0.05) is 19.7 Å². The number of rotatable bonds is 10. The summed E-state index contributed by atoms with van der Waals surface area (Å²) in [7, 11) is 0. The molecule has 0 aliphatic rings. The molecule has 1 atom stereocenters. The van der Waals surface area contributed by atoms with Crippen LogP contribution in [0.15, 0.2) is 18.2 Å². The first-order valence-corrected chi connectivity index (χ1v) is 8.46. The number of hydrogen-bond donors (Lipinski definition) is 1. The minimum absolute atomic E-state index is 0.420. The molecule has 0 heterocycles. The molecule has 22 heavy (non-hydrogen) atoms. The SMILES string of the molecule is CCCN(Cc1ccc(C)cc1C)CC(O)COCC(C)C. The Morgan fingerprint density at radius 2 is 1.91 bits per heavy atom. The molecule has 0 amide bonds. The lowest BCUT2D eigenvalue weighted by Gasteiger charge is -2.25. The van der Waals surface area contributed by atoms with Gasteiger partial charge in [-0.15, -0.1) is 0 Å². The van der Waals surface area contributed by atoms with Crippen molar-refractivity contribution >= 4 is 0 Å². The molecular weight excluding hydrogens is 274 g/mol. The molecule has 1 aromatic rings. The zero-order valence-electron chi connectivity index (χ0n) is 14.9. The Morgan fingerprint density at radius 3 is 2.50 bits per heavy atom. The average Bonchev–Trinajstić information content (AvgIpc) is 2.41. The number of benzene rings is 1. The van der Waals surface area contributed by atoms with Gasteiger partial charge >= 0.3 is 0 Å². The Balaban J connectivity index is 2.53. The number of ether oxygens (including phenoxy) is 1. The molecule has 0 radical (unpaired) electrons. The Kier molecular flexibility index (Phi) is 8.69. The van der Waals surface area contributed by atoms with Gasteiger partial charge in [-0.05, 0) is 43.9 Å². The topological polar surface area (TPSA) is 32.7 Å². The molecule has 0 bridgehead atoms. The van der Waals surface area contributed by atoms with Crippen molar-refractivity contribution in [2.45, 2.75) is 53.7 Å². The van der Waals surface area contributed by atoms with Gasteiger partial charge in [-0.3, -0.25) is 4.90 Å². The number of aliphatic hydroxyl groups excluding tert-OH is 1. The quantitative estimate of drug-likeness (QED) is 0.717. The summed E-state index contributed by atoms with van der Waals surface area (Å²) in [5.74, 6) is 0.508. The van der Waals surface area contributed by atoms with Crippen LogP contribution in [0.1, 0.15) is 43.9 Å². The normalized spacial score (nSPS) is 13.1. The van der Waals surface area contributed by atoms with E-state index in [4.69, 9.17) is 4.74 Å². The van der Waals surface area contributed by atoms with Crippen LogP contribution in [0.25, 0.3) is 0 Å². The molecule has 0 saturated carbocycles. The maximum Gasteiger partial charge on any atom is 0.0900 e. The van der Waals surface area contributed by atoms with E-state index in [0.29, 0.717) is 25.7 Å². The van der Waals surface area contributed by atoms with Gasteiger partial charge in [0.15, 0.2) is 0 Å². The molecular formula is C19H33NO2. The summed E-state index contributed by atoms with van der Waals surface area (Å²) in [6, 6.07) is 6.59. The van der Waals surface area contributed by atoms with Crippen LogP contribution in [-0.2, 0) is 11.3 Å². The lowest BCUT2D eigenvalue weighted by atomic mass is 10.1. The molecule has 0 aliphatic carbocycles. The van der Waals surface area contributed by atoms with Crippen molar-refractivity contribution in [1.29, 1.82) is 0 Å². The lowest BCUT2D eigenvalue weighted by Crippen LogP contribution is -2.35. The summed E-state index contributed by atoms with van der Waals surface area (Å²) < 4.78 is 5.55. The molecule has 1 unspecified atom stereocenters. The smallest absolute Gasteiger partial charge is 0.0900 e. The highest BCUT2D eigenvalue weighted by molar-refractivity contribution is 5.30. The summed E-state index contributed by atoms with van der Waals surface area (Å²) in [5.41, 5.74) is 3.96. The molecule has 1 N–H and O–H groups in total. The monoisotopic (exact) mass is 307 g/mol. The molecule has 1 aromatic carbocycles. The number of aliphatic hydroxyl groups is 1. The predicted molar refractivity (Wildman–Crippen MR) is 93.1 cm³/mol. The van der Waals surface area contributed by atoms with Crippen LogP contribution < -0.4 is 0 Å². The Labute approximate surface area is 136 Å². The lowest BCUT2D eigenvalue weighted by molar-refractivity contribution is 0.00689. The molecule has 1 rings (SSSR count). The van der Waals surface area contributed by atoms with Gasteiger partial charge in [-0.25, -0.2) is 0 Å². The Morgan fingerprint density at radius 1 is 1.18 bits per heavy atom. The van der Waals surface area contributed by atoms with Crippen molar-refractivity contribution < 1.29 is 9.84 Å². The summed E-state index contributed by atoms with van der Waals surface area (Å²) >= 11 is 0. The summed E-state index contributed by atoms with van der Waals surface area (Å²) in [6.07, 6.45) is 0.667. The van der Waals surface area contributed by atoms with Crippen LogP contribution in [0.2, 0.25) is 0 Å². The highest BCUT2D eigenvalue weighted by atomic mass is 16.5. The fraction of sp³-hybridized carbons (Fsp3) is 0.684. The van der Waals surface area contributed by atoms with E-state index >= 15 is 0 Å². The van der Waals surface area contributed by atoms with E-state index in [1.807, 2.05) is 0 Å². The van der Waals surface area contributed by atoms with E-state index < -0.39 is 6.10 Å². The van der Waals surface area contributed by atoms with Crippen molar-refractivity contribution in [2.75, 3.05) is 26.3 Å². The fourth-order valence-electron chi connectivity index (χ4n) is 2.61. The second kappa shape index (κ2) is 9.98. The van der Waals surface area contributed by atoms with Crippen molar-refractivity contribution in [3.8, 4) is 0 Å². The minimum Gasteiger partial charge on any atom is -0.389 e. The van der Waals surface area contributed by atoms with Crippen LogP contribution in [-0.4, -0.2) is 42.4 Å². The largest absolute Gasteiger partial charge is 0.389 e. The zero-order chi connectivity index (χ0) is 16.5. The molecule has 0 spiro atoms. The number of nitrogens with zero attached hydrogens (tertiary/aromatic N) is 1. The first-order valence-electron chi connectivity index (χ1n) is 8.46. The van der Waals surface area contributed by atoms with Crippen molar-refractivity contribution in [3.63, 3.8) is 0 Å². The van der Waals surface area contributed by atoms with Gasteiger partial charge in [-0.2, -0.15) is 0 Å². The van der Waals surface area contributed by atoms with Crippen molar-refractivity contribution in [2.24, 2.45) is 5.92 Å². The first-order chi connectivity index (χ1) is 10.4. The molecule has 126 valence electrons. The highest BCUT2D eigenvalue weighted by Gasteiger charge is 2.13. The van der Waals surface area contributed by atoms with Crippen molar-refractivity contribution in [3.05, 3.63) is 34.9 Å². The molecule has 3 nitrogen and oxygen atoms in total. The van der Waals surface area contributed by atoms with Gasteiger partial charge in [0.2, 0.25) is 0 Å². The fourth-order valence-corrected chi connectivity index (χ4v) is 2.61. The average molecular weight is 307 g/mol. The Bertz CT molecular complexity index is 431. The third kappa shape index (κ3) is 7.39. The highest BCUT2D eigenvalue weighted by Crippen LogP contribution is 2.14. The zero-order valence-corrected chi connectivity index (χ0v) is 14.9. The summed E-state index contributed by atoms with van der Waals surface area (Å²) in [6.45, 7) is 14.4. The molecule has 0 aromatic heterocycles. The van der Waals surface area contributed by atoms with Gasteiger partial charge in [0.25, 0.3) is 0 Å². The van der Waals surface area contributed by atoms with Gasteiger partial charge in [-0.1, -0.05) is 44.5 Å².